The Kier molecular flexibility index (Phi) is 4.70. The predicted molar refractivity (Wildman–Crippen MR) is 92.2 cm³/mol. The molecule has 0 unspecified atom stereocenters. The van der Waals surface area contributed by atoms with Crippen molar-refractivity contribution in [2.75, 3.05) is 16.8 Å². The third kappa shape index (κ3) is 3.34. The minimum atomic E-state index is -0.325. The van der Waals surface area contributed by atoms with Gasteiger partial charge < -0.3 is 22.2 Å². The van der Waals surface area contributed by atoms with E-state index in [0.29, 0.717) is 39.6 Å². The summed E-state index contributed by atoms with van der Waals surface area (Å²) in [7, 11) is 0. The number of nitrogens with one attached hydrogen (secondary N) is 2. The van der Waals surface area contributed by atoms with Gasteiger partial charge in [-0.15, -0.1) is 0 Å². The minimum absolute atomic E-state index is 0.325. The van der Waals surface area contributed by atoms with Gasteiger partial charge in [-0.2, -0.15) is 0 Å². The number of carbonyl (C=O) groups is 1. The van der Waals surface area contributed by atoms with Gasteiger partial charge in [0.2, 0.25) is 0 Å². The van der Waals surface area contributed by atoms with E-state index in [2.05, 4.69) is 15.3 Å². The van der Waals surface area contributed by atoms with Crippen LogP contribution >= 0.6 is 0 Å². The van der Waals surface area contributed by atoms with Crippen molar-refractivity contribution in [3.8, 4) is 0 Å². The van der Waals surface area contributed by atoms with Crippen LogP contribution in [0.3, 0.4) is 0 Å². The SMILES string of the molecule is CC=C(C(=O)Nc1ccc(N)c(C=N)c1)c1ncnc(N)c1C. The van der Waals surface area contributed by atoms with Crippen molar-refractivity contribution >= 4 is 34.9 Å². The van der Waals surface area contributed by atoms with E-state index >= 15 is 0 Å². The van der Waals surface area contributed by atoms with E-state index in [9.17, 15) is 4.79 Å². The summed E-state index contributed by atoms with van der Waals surface area (Å²) in [6, 6.07) is 4.95. The number of hydrogen-bond acceptors (Lipinski definition) is 6. The zero-order chi connectivity index (χ0) is 17.0. The van der Waals surface area contributed by atoms with Gasteiger partial charge in [-0.3, -0.25) is 4.79 Å². The zero-order valence-electron chi connectivity index (χ0n) is 12.9. The summed E-state index contributed by atoms with van der Waals surface area (Å²) in [6.45, 7) is 3.51. The molecule has 1 aromatic heterocycles. The lowest BCUT2D eigenvalue weighted by Crippen LogP contribution is -2.16. The number of amides is 1. The molecule has 1 aromatic carbocycles. The molecule has 0 spiro atoms. The molecule has 7 heteroatoms. The van der Waals surface area contributed by atoms with Crippen LogP contribution < -0.4 is 16.8 Å². The van der Waals surface area contributed by atoms with Crippen LogP contribution in [0.15, 0.2) is 30.6 Å². The fourth-order valence-corrected chi connectivity index (χ4v) is 2.09. The highest BCUT2D eigenvalue weighted by Crippen LogP contribution is 2.22. The van der Waals surface area contributed by atoms with Gasteiger partial charge in [-0.05, 0) is 32.0 Å². The first-order valence-electron chi connectivity index (χ1n) is 6.93. The van der Waals surface area contributed by atoms with E-state index in [1.807, 2.05) is 0 Å². The Morgan fingerprint density at radius 3 is 2.70 bits per heavy atom. The average Bonchev–Trinajstić information content (AvgIpc) is 2.54. The highest BCUT2D eigenvalue weighted by molar-refractivity contribution is 6.25. The number of nitrogens with zero attached hydrogens (tertiary/aromatic N) is 2. The van der Waals surface area contributed by atoms with Crippen LogP contribution in [0.1, 0.15) is 23.7 Å². The van der Waals surface area contributed by atoms with Crippen molar-refractivity contribution in [3.05, 3.63) is 47.4 Å². The monoisotopic (exact) mass is 310 g/mol. The summed E-state index contributed by atoms with van der Waals surface area (Å²) in [5, 5.41) is 10.1. The first-order valence-corrected chi connectivity index (χ1v) is 6.93. The van der Waals surface area contributed by atoms with E-state index in [0.717, 1.165) is 6.21 Å². The summed E-state index contributed by atoms with van der Waals surface area (Å²) >= 11 is 0. The molecule has 7 nitrogen and oxygen atoms in total. The van der Waals surface area contributed by atoms with Crippen molar-refractivity contribution in [1.29, 1.82) is 5.41 Å². The number of aromatic nitrogens is 2. The molecule has 0 aliphatic rings. The van der Waals surface area contributed by atoms with Crippen molar-refractivity contribution < 1.29 is 4.79 Å². The fourth-order valence-electron chi connectivity index (χ4n) is 2.09. The van der Waals surface area contributed by atoms with Crippen LogP contribution in [0, 0.1) is 12.3 Å². The Morgan fingerprint density at radius 1 is 1.30 bits per heavy atom. The maximum Gasteiger partial charge on any atom is 0.257 e. The van der Waals surface area contributed by atoms with E-state index < -0.39 is 0 Å². The van der Waals surface area contributed by atoms with Crippen molar-refractivity contribution in [2.24, 2.45) is 0 Å². The molecule has 1 heterocycles. The third-order valence-electron chi connectivity index (χ3n) is 3.41. The Bertz CT molecular complexity index is 797. The third-order valence-corrected chi connectivity index (χ3v) is 3.41. The van der Waals surface area contributed by atoms with Crippen molar-refractivity contribution in [1.82, 2.24) is 9.97 Å². The summed E-state index contributed by atoms with van der Waals surface area (Å²) in [6.07, 6.45) is 4.13. The number of anilines is 3. The number of rotatable bonds is 4. The molecule has 0 fully saturated rings. The van der Waals surface area contributed by atoms with Gasteiger partial charge in [0.25, 0.3) is 5.91 Å². The molecule has 2 aromatic rings. The Labute approximate surface area is 134 Å². The second kappa shape index (κ2) is 6.69. The van der Waals surface area contributed by atoms with Crippen LogP contribution in [0.2, 0.25) is 0 Å². The molecule has 6 N–H and O–H groups in total. The smallest absolute Gasteiger partial charge is 0.257 e. The average molecular weight is 310 g/mol. The largest absolute Gasteiger partial charge is 0.398 e. The molecule has 0 aliphatic carbocycles. The molecular formula is C16H18N6O. The maximum absolute atomic E-state index is 12.5. The summed E-state index contributed by atoms with van der Waals surface area (Å²) in [5.74, 6) is 0.00938. The first kappa shape index (κ1) is 16.2. The molecule has 0 saturated carbocycles. The molecule has 0 saturated heterocycles. The number of carbonyl (C=O) groups excluding carboxylic acids is 1. The number of hydrogen-bond donors (Lipinski definition) is 4. The predicted octanol–water partition coefficient (Wildman–Crippen LogP) is 1.99. The van der Waals surface area contributed by atoms with Gasteiger partial charge >= 0.3 is 0 Å². The summed E-state index contributed by atoms with van der Waals surface area (Å²) < 4.78 is 0. The van der Waals surface area contributed by atoms with E-state index in [4.69, 9.17) is 16.9 Å². The van der Waals surface area contributed by atoms with Crippen LogP contribution in [0.4, 0.5) is 17.2 Å². The Morgan fingerprint density at radius 2 is 2.04 bits per heavy atom. The fraction of sp³-hybridized carbons (Fsp3) is 0.125. The lowest BCUT2D eigenvalue weighted by atomic mass is 10.1. The highest BCUT2D eigenvalue weighted by atomic mass is 16.1. The molecular weight excluding hydrogens is 292 g/mol. The van der Waals surface area contributed by atoms with Gasteiger partial charge in [-0.25, -0.2) is 9.97 Å². The van der Waals surface area contributed by atoms with Crippen LogP contribution in [-0.4, -0.2) is 22.1 Å². The molecule has 1 amide bonds. The standard InChI is InChI=1S/C16H18N6O/c1-3-12(14-9(2)15(19)21-8-20-14)16(23)22-11-4-5-13(18)10(6-11)7-17/h3-8,17H,18H2,1-2H3,(H,22,23)(H2,19,20,21). The summed E-state index contributed by atoms with van der Waals surface area (Å²) in [5.41, 5.74) is 14.6. The highest BCUT2D eigenvalue weighted by Gasteiger charge is 2.17. The molecule has 2 rings (SSSR count). The quantitative estimate of drug-likeness (QED) is 0.389. The molecule has 0 aliphatic heterocycles. The number of benzene rings is 1. The molecule has 0 bridgehead atoms. The normalized spacial score (nSPS) is 11.1. The molecule has 0 radical (unpaired) electrons. The first-order chi connectivity index (χ1) is 11.0. The molecule has 23 heavy (non-hydrogen) atoms. The van der Waals surface area contributed by atoms with Gasteiger partial charge in [0, 0.05) is 28.7 Å². The number of allylic oxidation sites excluding steroid dienone is 1. The van der Waals surface area contributed by atoms with Crippen molar-refractivity contribution in [3.63, 3.8) is 0 Å². The maximum atomic E-state index is 12.5. The lowest BCUT2D eigenvalue weighted by molar-refractivity contribution is -0.111. The van der Waals surface area contributed by atoms with Gasteiger partial charge in [-0.1, -0.05) is 6.08 Å². The van der Waals surface area contributed by atoms with Crippen LogP contribution in [0.5, 0.6) is 0 Å². The van der Waals surface area contributed by atoms with Gasteiger partial charge in [0.05, 0.1) is 11.3 Å². The van der Waals surface area contributed by atoms with Crippen LogP contribution in [0.25, 0.3) is 5.57 Å². The number of nitrogens with two attached hydrogens (primary N) is 2. The lowest BCUT2D eigenvalue weighted by Gasteiger charge is -2.12. The van der Waals surface area contributed by atoms with Crippen molar-refractivity contribution in [2.45, 2.75) is 13.8 Å². The molecule has 0 atom stereocenters. The molecule has 118 valence electrons. The zero-order valence-corrected chi connectivity index (χ0v) is 12.9. The second-order valence-electron chi connectivity index (χ2n) is 4.88. The van der Waals surface area contributed by atoms with E-state index in [1.165, 1.54) is 6.33 Å². The Balaban J connectivity index is 2.31. The van der Waals surface area contributed by atoms with E-state index in [-0.39, 0.29) is 5.91 Å². The minimum Gasteiger partial charge on any atom is -0.398 e. The van der Waals surface area contributed by atoms with E-state index in [1.54, 1.807) is 38.1 Å². The topological polar surface area (TPSA) is 131 Å². The van der Waals surface area contributed by atoms with Gasteiger partial charge in [0.15, 0.2) is 0 Å². The second-order valence-corrected chi connectivity index (χ2v) is 4.88. The Hall–Kier alpha value is -3.22. The van der Waals surface area contributed by atoms with Crippen LogP contribution in [-0.2, 0) is 4.79 Å². The van der Waals surface area contributed by atoms with Gasteiger partial charge in [0.1, 0.15) is 12.1 Å². The summed E-state index contributed by atoms with van der Waals surface area (Å²) in [4.78, 5) is 20.6. The number of nitrogen functional groups attached to an aromatic ring is 2.